The third-order valence-electron chi connectivity index (χ3n) is 3.06. The first-order valence-corrected chi connectivity index (χ1v) is 9.11. The van der Waals surface area contributed by atoms with Crippen molar-refractivity contribution in [2.45, 2.75) is 4.90 Å². The first-order chi connectivity index (χ1) is 12.2. The summed E-state index contributed by atoms with van der Waals surface area (Å²) in [5.74, 6) is -0.786. The highest BCUT2D eigenvalue weighted by molar-refractivity contribution is 7.85. The third kappa shape index (κ3) is 5.21. The van der Waals surface area contributed by atoms with Gasteiger partial charge in [-0.3, -0.25) is 9.35 Å². The molecule has 2 aromatic carbocycles. The zero-order valence-corrected chi connectivity index (χ0v) is 15.2. The summed E-state index contributed by atoms with van der Waals surface area (Å²) in [6, 6.07) is 11.3. The van der Waals surface area contributed by atoms with E-state index in [4.69, 9.17) is 33.0 Å². The summed E-state index contributed by atoms with van der Waals surface area (Å²) < 4.78 is 31.3. The Morgan fingerprint density at radius 2 is 1.92 bits per heavy atom. The average Bonchev–Trinajstić information content (AvgIpc) is 2.58. The number of nitrogens with one attached hydrogen (secondary N) is 2. The Bertz CT molecular complexity index is 1030. The molecule has 0 radical (unpaired) electrons. The van der Waals surface area contributed by atoms with Gasteiger partial charge < -0.3 is 10.6 Å². The number of benzene rings is 2. The van der Waals surface area contributed by atoms with Gasteiger partial charge in [-0.1, -0.05) is 29.3 Å². The fourth-order valence-electron chi connectivity index (χ4n) is 1.84. The summed E-state index contributed by atoms with van der Waals surface area (Å²) in [5, 5.41) is 15.0. The molecule has 2 aromatic rings. The van der Waals surface area contributed by atoms with Crippen molar-refractivity contribution in [2.75, 3.05) is 10.6 Å². The summed E-state index contributed by atoms with van der Waals surface area (Å²) >= 11 is 11.8. The number of carbonyl (C=O) groups is 1. The van der Waals surface area contributed by atoms with E-state index in [1.807, 2.05) is 0 Å². The minimum atomic E-state index is -4.41. The molecule has 0 saturated heterocycles. The summed E-state index contributed by atoms with van der Waals surface area (Å²) in [4.78, 5) is 11.8. The second-order valence-corrected chi connectivity index (χ2v) is 7.16. The first-order valence-electron chi connectivity index (χ1n) is 6.91. The minimum absolute atomic E-state index is 0.0899. The molecule has 0 heterocycles. The molecule has 0 atom stereocenters. The number of nitrogens with zero attached hydrogens (tertiary/aromatic N) is 1. The van der Waals surface area contributed by atoms with E-state index in [0.29, 0.717) is 15.7 Å². The van der Waals surface area contributed by atoms with Gasteiger partial charge in [-0.05, 0) is 36.4 Å². The van der Waals surface area contributed by atoms with E-state index in [1.54, 1.807) is 18.2 Å². The van der Waals surface area contributed by atoms with Crippen LogP contribution in [0.5, 0.6) is 0 Å². The van der Waals surface area contributed by atoms with Gasteiger partial charge in [0.1, 0.15) is 11.6 Å². The molecule has 1 amide bonds. The number of amides is 1. The van der Waals surface area contributed by atoms with Gasteiger partial charge in [0, 0.05) is 16.9 Å². The Morgan fingerprint density at radius 1 is 1.19 bits per heavy atom. The predicted octanol–water partition coefficient (Wildman–Crippen LogP) is 3.70. The topological polar surface area (TPSA) is 119 Å². The monoisotopic (exact) mass is 411 g/mol. The van der Waals surface area contributed by atoms with Crippen LogP contribution in [0.2, 0.25) is 10.0 Å². The van der Waals surface area contributed by atoms with Gasteiger partial charge in [-0.25, -0.2) is 0 Å². The molecular formula is C16H11Cl2N3O4S. The van der Waals surface area contributed by atoms with E-state index in [9.17, 15) is 13.2 Å². The molecule has 0 aliphatic rings. The number of carbonyl (C=O) groups excluding carboxylic acids is 1. The quantitative estimate of drug-likeness (QED) is 0.391. The molecule has 0 aliphatic heterocycles. The van der Waals surface area contributed by atoms with Crippen molar-refractivity contribution < 1.29 is 17.8 Å². The van der Waals surface area contributed by atoms with Crippen molar-refractivity contribution in [3.05, 3.63) is 64.3 Å². The number of hydrogen-bond acceptors (Lipinski definition) is 5. The summed E-state index contributed by atoms with van der Waals surface area (Å²) in [6.45, 7) is 0. The zero-order valence-electron chi connectivity index (χ0n) is 12.9. The molecule has 3 N–H and O–H groups in total. The lowest BCUT2D eigenvalue weighted by Crippen LogP contribution is -2.15. The van der Waals surface area contributed by atoms with E-state index in [-0.39, 0.29) is 16.2 Å². The molecule has 0 aromatic heterocycles. The van der Waals surface area contributed by atoms with Crippen molar-refractivity contribution in [1.82, 2.24) is 0 Å². The van der Waals surface area contributed by atoms with E-state index < -0.39 is 16.0 Å². The number of halogens is 2. The van der Waals surface area contributed by atoms with Gasteiger partial charge in [0.25, 0.3) is 16.0 Å². The van der Waals surface area contributed by atoms with E-state index >= 15 is 0 Å². The molecular weight excluding hydrogens is 401 g/mol. The van der Waals surface area contributed by atoms with E-state index in [1.165, 1.54) is 18.2 Å². The molecule has 0 bridgehead atoms. The van der Waals surface area contributed by atoms with Crippen LogP contribution in [0.15, 0.2) is 59.1 Å². The molecule has 0 saturated carbocycles. The Labute approximate surface area is 159 Å². The molecule has 134 valence electrons. The summed E-state index contributed by atoms with van der Waals surface area (Å²) in [5.41, 5.74) is 0.193. The van der Waals surface area contributed by atoms with E-state index in [2.05, 4.69) is 10.6 Å². The van der Waals surface area contributed by atoms with Crippen molar-refractivity contribution in [1.29, 1.82) is 5.26 Å². The van der Waals surface area contributed by atoms with Crippen LogP contribution in [0, 0.1) is 11.3 Å². The average molecular weight is 412 g/mol. The van der Waals surface area contributed by atoms with Crippen molar-refractivity contribution in [2.24, 2.45) is 0 Å². The standard InChI is InChI=1S/C16H11Cl2N3O4S/c17-11-4-5-14(18)15(6-11)20-9-10(8-19)16(22)21-12-2-1-3-13(7-12)26(23,24)25/h1-7,9,20H,(H,21,22)(H,23,24,25)/b10-9-. The van der Waals surface area contributed by atoms with Gasteiger partial charge in [0.15, 0.2) is 0 Å². The third-order valence-corrected chi connectivity index (χ3v) is 4.47. The maximum Gasteiger partial charge on any atom is 0.294 e. The van der Waals surface area contributed by atoms with Crippen LogP contribution in [0.1, 0.15) is 0 Å². The fourth-order valence-corrected chi connectivity index (χ4v) is 2.71. The van der Waals surface area contributed by atoms with Gasteiger partial charge >= 0.3 is 0 Å². The van der Waals surface area contributed by atoms with E-state index in [0.717, 1.165) is 18.3 Å². The fraction of sp³-hybridized carbons (Fsp3) is 0. The molecule has 26 heavy (non-hydrogen) atoms. The number of rotatable bonds is 5. The minimum Gasteiger partial charge on any atom is -0.359 e. The normalized spacial score (nSPS) is 11.5. The molecule has 0 unspecified atom stereocenters. The van der Waals surface area contributed by atoms with Gasteiger partial charge in [-0.15, -0.1) is 0 Å². The van der Waals surface area contributed by atoms with Gasteiger partial charge in [0.05, 0.1) is 15.6 Å². The Kier molecular flexibility index (Phi) is 6.23. The lowest BCUT2D eigenvalue weighted by Gasteiger charge is -2.07. The maximum atomic E-state index is 12.2. The van der Waals surface area contributed by atoms with Crippen LogP contribution in [-0.4, -0.2) is 18.9 Å². The van der Waals surface area contributed by atoms with Crippen molar-refractivity contribution >= 4 is 50.6 Å². The Morgan fingerprint density at radius 3 is 2.58 bits per heavy atom. The molecule has 10 heteroatoms. The van der Waals surface area contributed by atoms with Crippen molar-refractivity contribution in [3.63, 3.8) is 0 Å². The largest absolute Gasteiger partial charge is 0.359 e. The second-order valence-electron chi connectivity index (χ2n) is 4.90. The number of hydrogen-bond donors (Lipinski definition) is 3. The molecule has 2 rings (SSSR count). The zero-order chi connectivity index (χ0) is 19.3. The van der Waals surface area contributed by atoms with Gasteiger partial charge in [-0.2, -0.15) is 13.7 Å². The van der Waals surface area contributed by atoms with Crippen LogP contribution in [0.4, 0.5) is 11.4 Å². The van der Waals surface area contributed by atoms with Crippen LogP contribution in [0.25, 0.3) is 0 Å². The lowest BCUT2D eigenvalue weighted by molar-refractivity contribution is -0.112. The number of nitriles is 1. The summed E-state index contributed by atoms with van der Waals surface area (Å²) in [7, 11) is -4.41. The van der Waals surface area contributed by atoms with Crippen LogP contribution < -0.4 is 10.6 Å². The molecule has 0 spiro atoms. The second kappa shape index (κ2) is 8.21. The van der Waals surface area contributed by atoms with Crippen LogP contribution in [0.3, 0.4) is 0 Å². The highest BCUT2D eigenvalue weighted by Gasteiger charge is 2.13. The molecule has 7 nitrogen and oxygen atoms in total. The number of anilines is 2. The molecule has 0 fully saturated rings. The predicted molar refractivity (Wildman–Crippen MR) is 98.7 cm³/mol. The lowest BCUT2D eigenvalue weighted by atomic mass is 10.2. The highest BCUT2D eigenvalue weighted by atomic mass is 35.5. The van der Waals surface area contributed by atoms with Crippen molar-refractivity contribution in [3.8, 4) is 6.07 Å². The Balaban J connectivity index is 2.19. The summed E-state index contributed by atoms with van der Waals surface area (Å²) in [6.07, 6.45) is 1.14. The maximum absolute atomic E-state index is 12.2. The smallest absolute Gasteiger partial charge is 0.294 e. The Hall–Kier alpha value is -2.57. The highest BCUT2D eigenvalue weighted by Crippen LogP contribution is 2.25. The van der Waals surface area contributed by atoms with Crippen LogP contribution in [-0.2, 0) is 14.9 Å². The molecule has 0 aliphatic carbocycles. The van der Waals surface area contributed by atoms with Gasteiger partial charge in [0.2, 0.25) is 0 Å². The van der Waals surface area contributed by atoms with Crippen LogP contribution >= 0.6 is 23.2 Å². The SMILES string of the molecule is N#C/C(=C/Nc1cc(Cl)ccc1Cl)C(=O)Nc1cccc(S(=O)(=O)O)c1. The first kappa shape index (κ1) is 19.8.